The molecule has 0 fully saturated rings. The van der Waals surface area contributed by atoms with Crippen LogP contribution in [0, 0.1) is 0 Å². The summed E-state index contributed by atoms with van der Waals surface area (Å²) in [4.78, 5) is 2.60. The minimum atomic E-state index is -5.01. The summed E-state index contributed by atoms with van der Waals surface area (Å²) < 4.78 is 221. The van der Waals surface area contributed by atoms with Gasteiger partial charge in [-0.05, 0) is 106 Å². The standard InChI is InChI=1S/C41H17B2F15N2O/c44-37(45,46)18-1-7-23(8-2-18)59-28-9-3-19(38(47,48)49)13-24(28)42-25-14-20(39(50,51)52)4-10-29(25)60-30-11-5-21(40(53,54)55)15-26(30)43-27-16-22(41(56,57)58)6-12-32(27)61-33-17-31(59)34(42)36(60)35(33)43/h1-17H. The lowest BCUT2D eigenvalue weighted by Gasteiger charge is -2.49. The van der Waals surface area contributed by atoms with Crippen LogP contribution in [-0.4, -0.2) is 13.4 Å². The van der Waals surface area contributed by atoms with E-state index in [1.54, 1.807) is 0 Å². The maximum Gasteiger partial charge on any atom is 0.416 e. The minimum absolute atomic E-state index is 0.0108. The minimum Gasteiger partial charge on any atom is -0.458 e. The van der Waals surface area contributed by atoms with Gasteiger partial charge in [-0.1, -0.05) is 24.3 Å². The highest BCUT2D eigenvalue weighted by Crippen LogP contribution is 2.50. The van der Waals surface area contributed by atoms with Gasteiger partial charge in [0.25, 0.3) is 13.4 Å². The van der Waals surface area contributed by atoms with Crippen molar-refractivity contribution in [2.45, 2.75) is 30.9 Å². The molecule has 0 atom stereocenters. The van der Waals surface area contributed by atoms with Gasteiger partial charge in [0, 0.05) is 40.2 Å². The summed E-state index contributed by atoms with van der Waals surface area (Å²) in [6.07, 6.45) is -24.8. The fourth-order valence-corrected chi connectivity index (χ4v) is 8.93. The van der Waals surface area contributed by atoms with Crippen LogP contribution in [0.1, 0.15) is 27.8 Å². The van der Waals surface area contributed by atoms with Crippen molar-refractivity contribution in [1.82, 2.24) is 0 Å². The molecule has 4 aliphatic rings. The van der Waals surface area contributed by atoms with Gasteiger partial charge in [-0.25, -0.2) is 0 Å². The second kappa shape index (κ2) is 12.2. The van der Waals surface area contributed by atoms with Crippen LogP contribution in [0.25, 0.3) is 0 Å². The van der Waals surface area contributed by atoms with Gasteiger partial charge < -0.3 is 14.5 Å². The number of anilines is 6. The number of nitrogens with zero attached hydrogens (tertiary/aromatic N) is 2. The highest BCUT2D eigenvalue weighted by atomic mass is 19.4. The van der Waals surface area contributed by atoms with Gasteiger partial charge in [-0.3, -0.25) is 0 Å². The van der Waals surface area contributed by atoms with Crippen molar-refractivity contribution in [1.29, 1.82) is 0 Å². The molecule has 0 aromatic heterocycles. The summed E-state index contributed by atoms with van der Waals surface area (Å²) in [5.74, 6) is -0.357. The van der Waals surface area contributed by atoms with Gasteiger partial charge in [0.05, 0.1) is 27.8 Å². The number of hydrogen-bond donors (Lipinski definition) is 0. The molecule has 4 heterocycles. The molecule has 3 nitrogen and oxygen atoms in total. The molecule has 0 bridgehead atoms. The third kappa shape index (κ3) is 5.80. The van der Waals surface area contributed by atoms with Crippen molar-refractivity contribution >= 4 is 80.3 Å². The first-order valence-corrected chi connectivity index (χ1v) is 17.9. The van der Waals surface area contributed by atoms with Gasteiger partial charge in [0.2, 0.25) is 0 Å². The summed E-state index contributed by atoms with van der Waals surface area (Å²) in [5.41, 5.74) is -7.34. The van der Waals surface area contributed by atoms with Crippen molar-refractivity contribution < 1.29 is 70.6 Å². The Kier molecular flexibility index (Phi) is 7.80. The first kappa shape index (κ1) is 39.0. The van der Waals surface area contributed by atoms with Crippen molar-refractivity contribution in [3.05, 3.63) is 131 Å². The maximum absolute atomic E-state index is 14.5. The predicted octanol–water partition coefficient (Wildman–Crippen LogP) is 9.80. The largest absolute Gasteiger partial charge is 0.458 e. The lowest BCUT2D eigenvalue weighted by atomic mass is 9.29. The molecular weight excluding hydrogens is 843 g/mol. The zero-order chi connectivity index (χ0) is 43.5. The lowest BCUT2D eigenvalue weighted by Crippen LogP contribution is -2.68. The normalized spacial score (nSPS) is 15.1. The smallest absolute Gasteiger partial charge is 0.416 e. The predicted molar refractivity (Wildman–Crippen MR) is 197 cm³/mol. The SMILES string of the molecule is FC(F)(F)c1ccc(N2c3ccc(C(F)(F)F)cc3B3c4cc(C(F)(F)F)ccc4N4c5ccc(C(F)(F)F)cc5B5c6cc(C(F)(F)F)ccc6Oc6cc2c3c4c65)cc1. The van der Waals surface area contributed by atoms with Crippen LogP contribution >= 0.6 is 0 Å². The van der Waals surface area contributed by atoms with E-state index in [1.165, 1.54) is 15.9 Å². The van der Waals surface area contributed by atoms with Gasteiger partial charge in [0.1, 0.15) is 11.5 Å². The number of benzene rings is 6. The van der Waals surface area contributed by atoms with Crippen molar-refractivity contribution in [3.8, 4) is 11.5 Å². The Labute approximate surface area is 333 Å². The van der Waals surface area contributed by atoms with E-state index in [-0.39, 0.29) is 78.4 Å². The van der Waals surface area contributed by atoms with Crippen LogP contribution in [0.2, 0.25) is 0 Å². The van der Waals surface area contributed by atoms with Crippen LogP contribution in [0.15, 0.2) is 103 Å². The number of hydrogen-bond acceptors (Lipinski definition) is 3. The van der Waals surface area contributed by atoms with Crippen molar-refractivity contribution in [3.63, 3.8) is 0 Å². The average molecular weight is 860 g/mol. The van der Waals surface area contributed by atoms with E-state index in [0.717, 1.165) is 42.5 Å². The van der Waals surface area contributed by atoms with E-state index >= 15 is 0 Å². The number of rotatable bonds is 1. The molecule has 0 spiro atoms. The van der Waals surface area contributed by atoms with E-state index in [0.29, 0.717) is 54.6 Å². The summed E-state index contributed by atoms with van der Waals surface area (Å²) in [6, 6.07) is 14.4. The highest BCUT2D eigenvalue weighted by Gasteiger charge is 2.53. The molecule has 6 aromatic carbocycles. The summed E-state index contributed by atoms with van der Waals surface area (Å²) in [7, 11) is 0. The van der Waals surface area contributed by atoms with Crippen LogP contribution in [0.4, 0.5) is 100.0 Å². The van der Waals surface area contributed by atoms with Crippen LogP contribution in [0.3, 0.4) is 0 Å². The monoisotopic (exact) mass is 860 g/mol. The first-order chi connectivity index (χ1) is 28.4. The zero-order valence-electron chi connectivity index (χ0n) is 29.9. The van der Waals surface area contributed by atoms with Crippen LogP contribution < -0.4 is 47.3 Å². The molecule has 0 saturated carbocycles. The van der Waals surface area contributed by atoms with E-state index in [4.69, 9.17) is 4.74 Å². The molecule has 61 heavy (non-hydrogen) atoms. The summed E-state index contributed by atoms with van der Waals surface area (Å²) >= 11 is 0. The van der Waals surface area contributed by atoms with Gasteiger partial charge >= 0.3 is 30.9 Å². The molecule has 0 amide bonds. The zero-order valence-corrected chi connectivity index (χ0v) is 29.9. The fourth-order valence-electron chi connectivity index (χ4n) is 8.93. The Bertz CT molecular complexity index is 2830. The van der Waals surface area contributed by atoms with Crippen molar-refractivity contribution in [2.75, 3.05) is 9.80 Å². The summed E-state index contributed by atoms with van der Waals surface area (Å²) in [6.45, 7) is -3.00. The Morgan fingerprint density at radius 1 is 0.344 bits per heavy atom. The molecule has 0 unspecified atom stereocenters. The third-order valence-corrected chi connectivity index (χ3v) is 11.4. The number of alkyl halides is 15. The second-order valence-electron chi connectivity index (χ2n) is 14.8. The Hall–Kier alpha value is -6.20. The molecule has 6 aromatic rings. The summed E-state index contributed by atoms with van der Waals surface area (Å²) in [5, 5.41) is 0. The lowest BCUT2D eigenvalue weighted by molar-refractivity contribution is -0.138. The molecule has 0 saturated heterocycles. The van der Waals surface area contributed by atoms with E-state index in [1.807, 2.05) is 0 Å². The molecular formula is C41H17B2F15N2O. The van der Waals surface area contributed by atoms with E-state index in [9.17, 15) is 65.9 Å². The van der Waals surface area contributed by atoms with Crippen LogP contribution in [0.5, 0.6) is 11.5 Å². The maximum atomic E-state index is 14.5. The van der Waals surface area contributed by atoms with Gasteiger partial charge in [-0.2, -0.15) is 65.9 Å². The molecule has 0 aliphatic carbocycles. The molecule has 10 rings (SSSR count). The third-order valence-electron chi connectivity index (χ3n) is 11.4. The fraction of sp³-hybridized carbons (Fsp3) is 0.122. The number of fused-ring (bicyclic) bond motifs is 10. The van der Waals surface area contributed by atoms with Gasteiger partial charge in [0.15, 0.2) is 0 Å². The number of ether oxygens (including phenoxy) is 1. The molecule has 20 heteroatoms. The van der Waals surface area contributed by atoms with Crippen LogP contribution in [-0.2, 0) is 30.9 Å². The molecule has 4 aliphatic heterocycles. The Morgan fingerprint density at radius 3 is 1.16 bits per heavy atom. The van der Waals surface area contributed by atoms with Crippen molar-refractivity contribution in [2.24, 2.45) is 0 Å². The first-order valence-electron chi connectivity index (χ1n) is 17.9. The van der Waals surface area contributed by atoms with E-state index in [2.05, 4.69) is 0 Å². The molecule has 0 N–H and O–H groups in total. The Balaban J connectivity index is 1.36. The number of halogens is 15. The quantitative estimate of drug-likeness (QED) is 0.121. The topological polar surface area (TPSA) is 15.7 Å². The average Bonchev–Trinajstić information content (AvgIpc) is 3.17. The Morgan fingerprint density at radius 2 is 0.721 bits per heavy atom. The molecule has 308 valence electrons. The van der Waals surface area contributed by atoms with Gasteiger partial charge in [-0.15, -0.1) is 0 Å². The second-order valence-corrected chi connectivity index (χ2v) is 14.8. The molecule has 0 radical (unpaired) electrons. The van der Waals surface area contributed by atoms with E-state index < -0.39 is 72.1 Å². The highest BCUT2D eigenvalue weighted by molar-refractivity contribution is 7.04.